The van der Waals surface area contributed by atoms with E-state index in [9.17, 15) is 0 Å². The van der Waals surface area contributed by atoms with Gasteiger partial charge in [0.15, 0.2) is 0 Å². The minimum atomic E-state index is 0.689. The summed E-state index contributed by atoms with van der Waals surface area (Å²) in [7, 11) is 0. The molecule has 0 amide bonds. The fourth-order valence-electron chi connectivity index (χ4n) is 2.60. The minimum Gasteiger partial charge on any atom is -0.363 e. The summed E-state index contributed by atoms with van der Waals surface area (Å²) in [5.41, 5.74) is 2.63. The van der Waals surface area contributed by atoms with Crippen molar-refractivity contribution < 1.29 is 0 Å². The van der Waals surface area contributed by atoms with Crippen LogP contribution in [0.3, 0.4) is 0 Å². The van der Waals surface area contributed by atoms with E-state index in [1.807, 2.05) is 17.4 Å². The number of rotatable bonds is 7. The van der Waals surface area contributed by atoms with Gasteiger partial charge in [0.2, 0.25) is 0 Å². The topological polar surface area (TPSA) is 15.3 Å². The van der Waals surface area contributed by atoms with Gasteiger partial charge in [-0.1, -0.05) is 24.6 Å². The molecule has 0 radical (unpaired) electrons. The highest BCUT2D eigenvalue weighted by Gasteiger charge is 2.30. The van der Waals surface area contributed by atoms with Crippen LogP contribution in [-0.2, 0) is 13.1 Å². The molecule has 4 heteroatoms. The molecule has 21 heavy (non-hydrogen) atoms. The van der Waals surface area contributed by atoms with E-state index in [0.29, 0.717) is 6.04 Å². The largest absolute Gasteiger partial charge is 0.363 e. The van der Waals surface area contributed by atoms with Crippen molar-refractivity contribution >= 4 is 28.6 Å². The summed E-state index contributed by atoms with van der Waals surface area (Å²) in [6.45, 7) is 4.98. The average molecular weight is 321 g/mol. The van der Waals surface area contributed by atoms with Crippen LogP contribution in [0.1, 0.15) is 30.2 Å². The van der Waals surface area contributed by atoms with Gasteiger partial charge in [0, 0.05) is 28.2 Å². The van der Waals surface area contributed by atoms with Crippen molar-refractivity contribution in [2.24, 2.45) is 0 Å². The quantitative estimate of drug-likeness (QED) is 0.797. The van der Waals surface area contributed by atoms with Gasteiger partial charge in [0.1, 0.15) is 0 Å². The molecule has 0 aliphatic heterocycles. The van der Waals surface area contributed by atoms with E-state index in [1.165, 1.54) is 29.0 Å². The summed E-state index contributed by atoms with van der Waals surface area (Å²) >= 11 is 8.03. The lowest BCUT2D eigenvalue weighted by atomic mass is 10.1. The second-order valence-electron chi connectivity index (χ2n) is 5.49. The van der Waals surface area contributed by atoms with Gasteiger partial charge in [0.25, 0.3) is 0 Å². The van der Waals surface area contributed by atoms with Crippen molar-refractivity contribution in [2.45, 2.75) is 38.9 Å². The van der Waals surface area contributed by atoms with Crippen LogP contribution in [0, 0.1) is 0 Å². The Balaban J connectivity index is 1.87. The van der Waals surface area contributed by atoms with Crippen LogP contribution in [0.25, 0.3) is 0 Å². The van der Waals surface area contributed by atoms with Crippen molar-refractivity contribution in [2.75, 3.05) is 11.4 Å². The molecular formula is C17H21ClN2S. The molecule has 0 spiro atoms. The Morgan fingerprint density at radius 2 is 2.19 bits per heavy atom. The number of hydrogen-bond acceptors (Lipinski definition) is 3. The number of nitrogens with one attached hydrogen (secondary N) is 1. The van der Waals surface area contributed by atoms with Gasteiger partial charge in [-0.3, -0.25) is 0 Å². The van der Waals surface area contributed by atoms with E-state index in [1.54, 1.807) is 0 Å². The van der Waals surface area contributed by atoms with Crippen LogP contribution in [-0.4, -0.2) is 12.6 Å². The first-order valence-electron chi connectivity index (χ1n) is 7.56. The van der Waals surface area contributed by atoms with Crippen molar-refractivity contribution in [3.8, 4) is 0 Å². The zero-order chi connectivity index (χ0) is 14.7. The van der Waals surface area contributed by atoms with E-state index in [4.69, 9.17) is 11.6 Å². The Morgan fingerprint density at radius 3 is 2.86 bits per heavy atom. The van der Waals surface area contributed by atoms with Crippen molar-refractivity contribution in [1.29, 1.82) is 0 Å². The lowest BCUT2D eigenvalue weighted by molar-refractivity contribution is 0.716. The molecule has 1 aliphatic carbocycles. The summed E-state index contributed by atoms with van der Waals surface area (Å²) in [4.78, 5) is 3.97. The van der Waals surface area contributed by atoms with Gasteiger partial charge in [-0.05, 0) is 54.6 Å². The molecule has 1 N–H and O–H groups in total. The van der Waals surface area contributed by atoms with Crippen LogP contribution in [0.15, 0.2) is 35.7 Å². The normalized spacial score (nSPS) is 14.4. The first-order chi connectivity index (χ1) is 10.3. The fourth-order valence-corrected chi connectivity index (χ4v) is 3.50. The van der Waals surface area contributed by atoms with Crippen molar-refractivity contribution in [3.63, 3.8) is 0 Å². The molecule has 1 heterocycles. The van der Waals surface area contributed by atoms with E-state index in [0.717, 1.165) is 24.7 Å². The van der Waals surface area contributed by atoms with Crippen molar-refractivity contribution in [1.82, 2.24) is 5.32 Å². The Hall–Kier alpha value is -1.03. The number of thiophene rings is 1. The highest BCUT2D eigenvalue weighted by atomic mass is 35.5. The highest BCUT2D eigenvalue weighted by molar-refractivity contribution is 7.09. The third-order valence-electron chi connectivity index (χ3n) is 3.81. The van der Waals surface area contributed by atoms with Crippen LogP contribution in [0.2, 0.25) is 5.02 Å². The van der Waals surface area contributed by atoms with Crippen LogP contribution in [0.5, 0.6) is 0 Å². The number of hydrogen-bond donors (Lipinski definition) is 1. The average Bonchev–Trinajstić information content (AvgIpc) is 3.20. The lowest BCUT2D eigenvalue weighted by Gasteiger charge is -2.27. The molecule has 0 atom stereocenters. The van der Waals surface area contributed by atoms with Crippen LogP contribution >= 0.6 is 22.9 Å². The number of benzene rings is 1. The minimum absolute atomic E-state index is 0.689. The number of halogens is 1. The third kappa shape index (κ3) is 3.79. The first-order valence-corrected chi connectivity index (χ1v) is 8.82. The molecule has 1 saturated carbocycles. The fraction of sp³-hybridized carbons (Fsp3) is 0.412. The molecule has 2 aromatic rings. The van der Waals surface area contributed by atoms with Gasteiger partial charge < -0.3 is 10.2 Å². The molecule has 112 valence electrons. The maximum atomic E-state index is 6.19. The molecule has 0 bridgehead atoms. The lowest BCUT2D eigenvalue weighted by Crippen LogP contribution is -2.26. The van der Waals surface area contributed by atoms with Crippen LogP contribution in [0.4, 0.5) is 5.69 Å². The standard InChI is InChI=1S/C17H21ClN2S/c1-2-19-11-13-10-14(18)5-8-17(13)20(15-6-7-15)12-16-4-3-9-21-16/h3-5,8-10,15,19H,2,6-7,11-12H2,1H3. The maximum Gasteiger partial charge on any atom is 0.0526 e. The Bertz CT molecular complexity index is 578. The smallest absolute Gasteiger partial charge is 0.0526 e. The molecular weight excluding hydrogens is 300 g/mol. The summed E-state index contributed by atoms with van der Waals surface area (Å²) in [5, 5.41) is 6.40. The molecule has 1 aromatic heterocycles. The summed E-state index contributed by atoms with van der Waals surface area (Å²) in [5.74, 6) is 0. The van der Waals surface area contributed by atoms with E-state index < -0.39 is 0 Å². The summed E-state index contributed by atoms with van der Waals surface area (Å²) < 4.78 is 0. The SMILES string of the molecule is CCNCc1cc(Cl)ccc1N(Cc1cccs1)C1CC1. The Kier molecular flexibility index (Phi) is 4.84. The predicted octanol–water partition coefficient (Wildman–Crippen LogP) is 4.68. The van der Waals surface area contributed by atoms with Gasteiger partial charge in [-0.2, -0.15) is 0 Å². The first kappa shape index (κ1) is 14.9. The Labute approximate surface area is 135 Å². The molecule has 3 rings (SSSR count). The number of anilines is 1. The predicted molar refractivity (Wildman–Crippen MR) is 92.4 cm³/mol. The van der Waals surface area contributed by atoms with Gasteiger partial charge in [-0.15, -0.1) is 11.3 Å². The van der Waals surface area contributed by atoms with Crippen LogP contribution < -0.4 is 10.2 Å². The van der Waals surface area contributed by atoms with Gasteiger partial charge in [-0.25, -0.2) is 0 Å². The van der Waals surface area contributed by atoms with Crippen molar-refractivity contribution in [3.05, 3.63) is 51.2 Å². The molecule has 2 nitrogen and oxygen atoms in total. The van der Waals surface area contributed by atoms with Gasteiger partial charge in [0.05, 0.1) is 6.54 Å². The molecule has 1 aromatic carbocycles. The zero-order valence-corrected chi connectivity index (χ0v) is 13.9. The monoisotopic (exact) mass is 320 g/mol. The second-order valence-corrected chi connectivity index (χ2v) is 6.96. The highest BCUT2D eigenvalue weighted by Crippen LogP contribution is 2.36. The Morgan fingerprint density at radius 1 is 1.33 bits per heavy atom. The summed E-state index contributed by atoms with van der Waals surface area (Å²) in [6, 6.07) is 11.3. The molecule has 0 unspecified atom stereocenters. The summed E-state index contributed by atoms with van der Waals surface area (Å²) in [6.07, 6.45) is 2.60. The van der Waals surface area contributed by atoms with Gasteiger partial charge >= 0.3 is 0 Å². The van der Waals surface area contributed by atoms with E-state index >= 15 is 0 Å². The third-order valence-corrected chi connectivity index (χ3v) is 4.91. The second kappa shape index (κ2) is 6.82. The molecule has 0 saturated heterocycles. The molecule has 1 fully saturated rings. The zero-order valence-electron chi connectivity index (χ0n) is 12.3. The maximum absolute atomic E-state index is 6.19. The van der Waals surface area contributed by atoms with E-state index in [2.05, 4.69) is 46.8 Å². The van der Waals surface area contributed by atoms with E-state index in [-0.39, 0.29) is 0 Å². The molecule has 1 aliphatic rings. The number of nitrogens with zero attached hydrogens (tertiary/aromatic N) is 1.